The number of carbonyl (C=O) groups is 1. The quantitative estimate of drug-likeness (QED) is 0.408. The van der Waals surface area contributed by atoms with Crippen molar-refractivity contribution in [2.24, 2.45) is 5.92 Å². The van der Waals surface area contributed by atoms with E-state index in [4.69, 9.17) is 4.98 Å². The van der Waals surface area contributed by atoms with Gasteiger partial charge < -0.3 is 5.32 Å². The van der Waals surface area contributed by atoms with E-state index >= 15 is 0 Å². The minimum absolute atomic E-state index is 0.103. The number of benzene rings is 2. The highest BCUT2D eigenvalue weighted by molar-refractivity contribution is 8.00. The Morgan fingerprint density at radius 1 is 1.19 bits per heavy atom. The first-order chi connectivity index (χ1) is 14.9. The lowest BCUT2D eigenvalue weighted by molar-refractivity contribution is -0.120. The Labute approximate surface area is 185 Å². The molecule has 1 unspecified atom stereocenters. The van der Waals surface area contributed by atoms with Crippen LogP contribution in [0.5, 0.6) is 0 Å². The number of rotatable bonds is 8. The number of aromatic nitrogens is 2. The standard InChI is InChI=1S/C24H26FN3O2S/c1-15(2)13-14-28-23(30)19-5-3-4-6-20(19)27-24(28)31-21(22(29)26-18-11-12-18)16-7-9-17(25)10-8-16/h3-10,15,18,21H,11-14H2,1-2H3,(H,26,29). The molecule has 1 N–H and O–H groups in total. The number of para-hydroxylation sites is 1. The summed E-state index contributed by atoms with van der Waals surface area (Å²) in [5.74, 6) is -0.0769. The van der Waals surface area contributed by atoms with E-state index in [0.29, 0.717) is 34.1 Å². The van der Waals surface area contributed by atoms with E-state index in [1.165, 1.54) is 23.9 Å². The van der Waals surface area contributed by atoms with Gasteiger partial charge in [-0.1, -0.05) is 49.9 Å². The average Bonchev–Trinajstić information content (AvgIpc) is 3.56. The highest BCUT2D eigenvalue weighted by Gasteiger charge is 2.30. The van der Waals surface area contributed by atoms with Crippen molar-refractivity contribution in [3.05, 3.63) is 70.3 Å². The zero-order chi connectivity index (χ0) is 22.0. The van der Waals surface area contributed by atoms with E-state index < -0.39 is 5.25 Å². The summed E-state index contributed by atoms with van der Waals surface area (Å²) in [5, 5.41) is 3.49. The molecule has 1 atom stereocenters. The Morgan fingerprint density at radius 3 is 2.58 bits per heavy atom. The van der Waals surface area contributed by atoms with Crippen molar-refractivity contribution < 1.29 is 9.18 Å². The number of nitrogens with zero attached hydrogens (tertiary/aromatic N) is 2. The fourth-order valence-electron chi connectivity index (χ4n) is 3.34. The molecule has 162 valence electrons. The molecule has 0 aliphatic heterocycles. The van der Waals surface area contributed by atoms with Gasteiger partial charge in [-0.15, -0.1) is 0 Å². The number of amides is 1. The second-order valence-electron chi connectivity index (χ2n) is 8.38. The number of carbonyl (C=O) groups excluding carboxylic acids is 1. The van der Waals surface area contributed by atoms with Gasteiger partial charge in [0.15, 0.2) is 5.16 Å². The van der Waals surface area contributed by atoms with Crippen molar-refractivity contribution in [3.63, 3.8) is 0 Å². The first-order valence-corrected chi connectivity index (χ1v) is 11.5. The van der Waals surface area contributed by atoms with Gasteiger partial charge in [0, 0.05) is 12.6 Å². The SMILES string of the molecule is CC(C)CCn1c(SC(C(=O)NC2CC2)c2ccc(F)cc2)nc2ccccc2c1=O. The van der Waals surface area contributed by atoms with Crippen LogP contribution in [0.4, 0.5) is 4.39 Å². The van der Waals surface area contributed by atoms with Crippen LogP contribution in [-0.4, -0.2) is 21.5 Å². The number of hydrogen-bond acceptors (Lipinski definition) is 4. The molecule has 2 aromatic carbocycles. The molecule has 5 nitrogen and oxygen atoms in total. The van der Waals surface area contributed by atoms with Crippen molar-refractivity contribution in [1.29, 1.82) is 0 Å². The minimum atomic E-state index is -0.625. The first kappa shape index (κ1) is 21.6. The van der Waals surface area contributed by atoms with Crippen molar-refractivity contribution in [2.75, 3.05) is 0 Å². The number of hydrogen-bond donors (Lipinski definition) is 1. The molecule has 0 radical (unpaired) electrons. The zero-order valence-electron chi connectivity index (χ0n) is 17.7. The molecule has 1 saturated carbocycles. The molecule has 0 saturated heterocycles. The maximum absolute atomic E-state index is 13.5. The number of thioether (sulfide) groups is 1. The fraction of sp³-hybridized carbons (Fsp3) is 0.375. The van der Waals surface area contributed by atoms with E-state index in [9.17, 15) is 14.0 Å². The highest BCUT2D eigenvalue weighted by atomic mass is 32.2. The minimum Gasteiger partial charge on any atom is -0.352 e. The van der Waals surface area contributed by atoms with E-state index in [2.05, 4.69) is 19.2 Å². The highest BCUT2D eigenvalue weighted by Crippen LogP contribution is 2.36. The number of fused-ring (bicyclic) bond motifs is 1. The Hall–Kier alpha value is -2.67. The lowest BCUT2D eigenvalue weighted by Crippen LogP contribution is -2.31. The van der Waals surface area contributed by atoms with Gasteiger partial charge in [-0.2, -0.15) is 0 Å². The monoisotopic (exact) mass is 439 g/mol. The second-order valence-corrected chi connectivity index (χ2v) is 9.46. The normalized spacial score (nSPS) is 14.7. The second kappa shape index (κ2) is 9.22. The molecule has 1 aliphatic rings. The zero-order valence-corrected chi connectivity index (χ0v) is 18.5. The summed E-state index contributed by atoms with van der Waals surface area (Å²) in [6.45, 7) is 4.74. The van der Waals surface area contributed by atoms with Gasteiger partial charge >= 0.3 is 0 Å². The largest absolute Gasteiger partial charge is 0.352 e. The number of halogens is 1. The van der Waals surface area contributed by atoms with Gasteiger partial charge in [-0.25, -0.2) is 9.37 Å². The summed E-state index contributed by atoms with van der Waals surface area (Å²) < 4.78 is 15.2. The molecule has 1 fully saturated rings. The maximum atomic E-state index is 13.5. The van der Waals surface area contributed by atoms with Crippen molar-refractivity contribution >= 4 is 28.6 Å². The predicted molar refractivity (Wildman–Crippen MR) is 122 cm³/mol. The Bertz CT molecular complexity index is 1140. The summed E-state index contributed by atoms with van der Waals surface area (Å²) in [6.07, 6.45) is 2.77. The average molecular weight is 440 g/mol. The van der Waals surface area contributed by atoms with E-state index in [1.54, 1.807) is 22.8 Å². The van der Waals surface area contributed by atoms with E-state index in [0.717, 1.165) is 19.3 Å². The van der Waals surface area contributed by atoms with Crippen LogP contribution in [0.2, 0.25) is 0 Å². The smallest absolute Gasteiger partial charge is 0.262 e. The molecule has 3 aromatic rings. The first-order valence-electron chi connectivity index (χ1n) is 10.6. The lowest BCUT2D eigenvalue weighted by Gasteiger charge is -2.20. The van der Waals surface area contributed by atoms with Gasteiger partial charge in [0.05, 0.1) is 10.9 Å². The van der Waals surface area contributed by atoms with Crippen LogP contribution in [0.3, 0.4) is 0 Å². The summed E-state index contributed by atoms with van der Waals surface area (Å²) in [5.41, 5.74) is 1.19. The Morgan fingerprint density at radius 2 is 1.90 bits per heavy atom. The summed E-state index contributed by atoms with van der Waals surface area (Å²) in [7, 11) is 0. The Kier molecular flexibility index (Phi) is 6.41. The molecular weight excluding hydrogens is 413 g/mol. The summed E-state index contributed by atoms with van der Waals surface area (Å²) >= 11 is 1.25. The van der Waals surface area contributed by atoms with Crippen LogP contribution in [0.15, 0.2) is 58.5 Å². The molecule has 31 heavy (non-hydrogen) atoms. The summed E-state index contributed by atoms with van der Waals surface area (Å²) in [6, 6.07) is 13.4. The molecule has 1 heterocycles. The van der Waals surface area contributed by atoms with Gasteiger partial charge in [0.1, 0.15) is 11.1 Å². The molecular formula is C24H26FN3O2S. The lowest BCUT2D eigenvalue weighted by atomic mass is 10.1. The molecule has 0 bridgehead atoms. The van der Waals surface area contributed by atoms with Gasteiger partial charge in [0.2, 0.25) is 5.91 Å². The van der Waals surface area contributed by atoms with Crippen LogP contribution in [0.25, 0.3) is 10.9 Å². The van der Waals surface area contributed by atoms with E-state index in [1.807, 2.05) is 18.2 Å². The van der Waals surface area contributed by atoms with Crippen molar-refractivity contribution in [1.82, 2.24) is 14.9 Å². The number of nitrogens with one attached hydrogen (secondary N) is 1. The predicted octanol–water partition coefficient (Wildman–Crippen LogP) is 4.69. The van der Waals surface area contributed by atoms with Crippen LogP contribution in [-0.2, 0) is 11.3 Å². The molecule has 4 rings (SSSR count). The van der Waals surface area contributed by atoms with Gasteiger partial charge in [0.25, 0.3) is 5.56 Å². The van der Waals surface area contributed by atoms with Crippen LogP contribution in [0.1, 0.15) is 43.9 Å². The van der Waals surface area contributed by atoms with Crippen molar-refractivity contribution in [3.8, 4) is 0 Å². The fourth-order valence-corrected chi connectivity index (χ4v) is 4.47. The van der Waals surface area contributed by atoms with Crippen LogP contribution < -0.4 is 10.9 Å². The topological polar surface area (TPSA) is 64.0 Å². The molecule has 1 aromatic heterocycles. The summed E-state index contributed by atoms with van der Waals surface area (Å²) in [4.78, 5) is 31.1. The Balaban J connectivity index is 1.76. The third-order valence-electron chi connectivity index (χ3n) is 5.31. The molecule has 7 heteroatoms. The van der Waals surface area contributed by atoms with Crippen LogP contribution >= 0.6 is 11.8 Å². The molecule has 0 spiro atoms. The molecule has 1 aliphatic carbocycles. The van der Waals surface area contributed by atoms with Gasteiger partial charge in [-0.3, -0.25) is 14.2 Å². The van der Waals surface area contributed by atoms with E-state index in [-0.39, 0.29) is 23.3 Å². The van der Waals surface area contributed by atoms with Crippen molar-refractivity contribution in [2.45, 2.75) is 56.1 Å². The molecule has 1 amide bonds. The maximum Gasteiger partial charge on any atom is 0.262 e. The van der Waals surface area contributed by atoms with Crippen LogP contribution in [0, 0.1) is 11.7 Å². The van der Waals surface area contributed by atoms with Gasteiger partial charge in [-0.05, 0) is 55.0 Å². The third kappa shape index (κ3) is 5.15. The third-order valence-corrected chi connectivity index (χ3v) is 6.56.